The zero-order valence-electron chi connectivity index (χ0n) is 20.0. The first-order chi connectivity index (χ1) is 17.2. The van der Waals surface area contributed by atoms with Crippen molar-refractivity contribution in [2.45, 2.75) is 29.2 Å². The average Bonchev–Trinajstić information content (AvgIpc) is 2.86. The highest BCUT2D eigenvalue weighted by Gasteiger charge is 2.20. The minimum atomic E-state index is -3.95. The molecule has 0 fully saturated rings. The predicted octanol–water partition coefficient (Wildman–Crippen LogP) is 4.54. The van der Waals surface area contributed by atoms with Gasteiger partial charge in [0.25, 0.3) is 0 Å². The summed E-state index contributed by atoms with van der Waals surface area (Å²) in [7, 11) is -3.95. The average molecular weight is 572 g/mol. The van der Waals surface area contributed by atoms with E-state index in [1.807, 2.05) is 0 Å². The maximum atomic E-state index is 14.4. The van der Waals surface area contributed by atoms with E-state index in [9.17, 15) is 22.7 Å². The molecule has 0 spiro atoms. The summed E-state index contributed by atoms with van der Waals surface area (Å²) in [5.41, 5.74) is 1.62. The molecular weight excluding hydrogens is 544 g/mol. The first-order valence-corrected chi connectivity index (χ1v) is 13.1. The Balaban J connectivity index is 0.00000481. The molecule has 0 aliphatic carbocycles. The zero-order valence-corrected chi connectivity index (χ0v) is 22.4. The van der Waals surface area contributed by atoms with Gasteiger partial charge in [-0.3, -0.25) is 0 Å². The topological polar surface area (TPSA) is 102 Å². The van der Waals surface area contributed by atoms with E-state index in [1.165, 1.54) is 24.3 Å². The molecule has 37 heavy (non-hydrogen) atoms. The number of halogens is 3. The Hall–Kier alpha value is -2.69. The number of carbonyl (C=O) groups is 1. The van der Waals surface area contributed by atoms with Gasteiger partial charge in [0.2, 0.25) is 9.84 Å². The number of aliphatic hydroxyl groups is 1. The summed E-state index contributed by atoms with van der Waals surface area (Å²) in [4.78, 5) is 11.2. The van der Waals surface area contributed by atoms with E-state index in [4.69, 9.17) is 21.1 Å². The highest BCUT2D eigenvalue weighted by molar-refractivity contribution is 7.91. The summed E-state index contributed by atoms with van der Waals surface area (Å²) in [5.74, 6) is -1.80. The third-order valence-electron chi connectivity index (χ3n) is 5.26. The summed E-state index contributed by atoms with van der Waals surface area (Å²) in [5, 5.41) is 14.0. The summed E-state index contributed by atoms with van der Waals surface area (Å²) >= 11 is 5.95. The van der Waals surface area contributed by atoms with Crippen LogP contribution in [0.1, 0.15) is 24.2 Å². The minimum absolute atomic E-state index is 0. The lowest BCUT2D eigenvalue weighted by Gasteiger charge is -2.13. The summed E-state index contributed by atoms with van der Waals surface area (Å²) in [6, 6.07) is 16.6. The van der Waals surface area contributed by atoms with E-state index in [2.05, 4.69) is 5.32 Å². The van der Waals surface area contributed by atoms with E-state index in [1.54, 1.807) is 43.3 Å². The maximum Gasteiger partial charge on any atom is 0.344 e. The molecule has 0 aliphatic heterocycles. The van der Waals surface area contributed by atoms with Gasteiger partial charge in [0.05, 0.1) is 22.5 Å². The Kier molecular flexibility index (Phi) is 11.8. The number of aliphatic hydroxyl groups excluding tert-OH is 1. The monoisotopic (exact) mass is 571 g/mol. The Morgan fingerprint density at radius 2 is 1.78 bits per heavy atom. The third kappa shape index (κ3) is 8.69. The Labute approximate surface area is 226 Å². The van der Waals surface area contributed by atoms with Gasteiger partial charge in [-0.15, -0.1) is 12.4 Å². The molecule has 0 aromatic heterocycles. The molecule has 0 aliphatic rings. The summed E-state index contributed by atoms with van der Waals surface area (Å²) in [6.45, 7) is 2.24. The van der Waals surface area contributed by atoms with Crippen molar-refractivity contribution in [3.05, 3.63) is 88.7 Å². The number of hydrogen-bond acceptors (Lipinski definition) is 7. The normalized spacial score (nSPS) is 11.9. The smallest absolute Gasteiger partial charge is 0.344 e. The first-order valence-electron chi connectivity index (χ1n) is 11.3. The number of benzene rings is 3. The molecule has 1 atom stereocenters. The van der Waals surface area contributed by atoms with Gasteiger partial charge in [0.1, 0.15) is 0 Å². The van der Waals surface area contributed by atoms with Crippen molar-refractivity contribution in [3.63, 3.8) is 0 Å². The van der Waals surface area contributed by atoms with Crippen molar-refractivity contribution in [2.75, 3.05) is 26.3 Å². The SMILES string of the molecule is CCOC(=O)COc1ccc(S(=O)(=O)c2ccc(CCNC[C@H](O)c3cccc(Cl)c3)cc2)cc1F.Cl. The third-order valence-corrected chi connectivity index (χ3v) is 7.26. The van der Waals surface area contributed by atoms with Crippen LogP contribution in [0.4, 0.5) is 4.39 Å². The summed E-state index contributed by atoms with van der Waals surface area (Å²) < 4.78 is 50.0. The fourth-order valence-electron chi connectivity index (χ4n) is 3.38. The lowest BCUT2D eigenvalue weighted by Crippen LogP contribution is -2.23. The Bertz CT molecular complexity index is 1290. The molecule has 0 heterocycles. The summed E-state index contributed by atoms with van der Waals surface area (Å²) in [6.07, 6.45) is -0.0810. The number of rotatable bonds is 12. The van der Waals surface area contributed by atoms with Crippen LogP contribution in [0.2, 0.25) is 5.02 Å². The molecule has 0 saturated carbocycles. The standard InChI is InChI=1S/C26H27ClFNO6S.ClH/c1-2-34-26(31)17-35-25-11-10-22(15-23(25)28)36(32,33)21-8-6-18(7-9-21)12-13-29-16-24(30)19-4-3-5-20(27)14-19;/h3-11,14-15,24,29-30H,2,12-13,16-17H2,1H3;1H/t24-;/m0./s1. The highest BCUT2D eigenvalue weighted by Crippen LogP contribution is 2.26. The molecule has 0 radical (unpaired) electrons. The van der Waals surface area contributed by atoms with Gasteiger partial charge >= 0.3 is 5.97 Å². The second-order valence-corrected chi connectivity index (χ2v) is 10.2. The second-order valence-electron chi connectivity index (χ2n) is 7.86. The van der Waals surface area contributed by atoms with E-state index in [-0.39, 0.29) is 34.6 Å². The van der Waals surface area contributed by atoms with Gasteiger partial charge in [-0.25, -0.2) is 17.6 Å². The molecule has 3 aromatic rings. The van der Waals surface area contributed by atoms with Gasteiger partial charge < -0.3 is 19.9 Å². The van der Waals surface area contributed by atoms with Crippen LogP contribution >= 0.6 is 24.0 Å². The number of sulfone groups is 1. The molecule has 0 bridgehead atoms. The Morgan fingerprint density at radius 3 is 2.43 bits per heavy atom. The van der Waals surface area contributed by atoms with Crippen LogP contribution in [0, 0.1) is 5.82 Å². The van der Waals surface area contributed by atoms with Gasteiger partial charge in [-0.1, -0.05) is 35.9 Å². The van der Waals surface area contributed by atoms with Crippen LogP contribution in [0.15, 0.2) is 76.5 Å². The zero-order chi connectivity index (χ0) is 26.1. The van der Waals surface area contributed by atoms with E-state index in [0.717, 1.165) is 17.2 Å². The van der Waals surface area contributed by atoms with Gasteiger partial charge in [-0.2, -0.15) is 0 Å². The highest BCUT2D eigenvalue weighted by atomic mass is 35.5. The largest absolute Gasteiger partial charge is 0.479 e. The molecular formula is C26H28Cl2FNO6S. The van der Waals surface area contributed by atoms with Crippen LogP contribution in [-0.4, -0.2) is 45.8 Å². The van der Waals surface area contributed by atoms with Crippen molar-refractivity contribution in [2.24, 2.45) is 0 Å². The van der Waals surface area contributed by atoms with Crippen LogP contribution in [0.5, 0.6) is 5.75 Å². The molecule has 11 heteroatoms. The molecule has 7 nitrogen and oxygen atoms in total. The van der Waals surface area contributed by atoms with Crippen molar-refractivity contribution >= 4 is 39.8 Å². The fraction of sp³-hybridized carbons (Fsp3) is 0.269. The quantitative estimate of drug-likeness (QED) is 0.243. The van der Waals surface area contributed by atoms with Crippen LogP contribution < -0.4 is 10.1 Å². The molecule has 200 valence electrons. The van der Waals surface area contributed by atoms with Gasteiger partial charge in [0.15, 0.2) is 18.2 Å². The van der Waals surface area contributed by atoms with Crippen LogP contribution in [-0.2, 0) is 25.8 Å². The van der Waals surface area contributed by atoms with E-state index < -0.39 is 34.3 Å². The number of ether oxygens (including phenoxy) is 2. The number of nitrogens with one attached hydrogen (secondary N) is 1. The fourth-order valence-corrected chi connectivity index (χ4v) is 4.85. The van der Waals surface area contributed by atoms with Crippen LogP contribution in [0.25, 0.3) is 0 Å². The number of esters is 1. The first kappa shape index (κ1) is 30.5. The molecule has 3 rings (SSSR count). The van der Waals surface area contributed by atoms with Crippen molar-refractivity contribution in [1.29, 1.82) is 0 Å². The van der Waals surface area contributed by atoms with Gasteiger partial charge in [0, 0.05) is 11.6 Å². The molecule has 3 aromatic carbocycles. The van der Waals surface area contributed by atoms with E-state index >= 15 is 0 Å². The lowest BCUT2D eigenvalue weighted by molar-refractivity contribution is -0.145. The minimum Gasteiger partial charge on any atom is -0.479 e. The molecule has 0 unspecified atom stereocenters. The lowest BCUT2D eigenvalue weighted by atomic mass is 10.1. The Morgan fingerprint density at radius 1 is 1.08 bits per heavy atom. The number of hydrogen-bond donors (Lipinski definition) is 2. The van der Waals surface area contributed by atoms with Crippen molar-refractivity contribution in [3.8, 4) is 5.75 Å². The second kappa shape index (κ2) is 14.3. The molecule has 0 saturated heterocycles. The number of carbonyl (C=O) groups excluding carboxylic acids is 1. The van der Waals surface area contributed by atoms with Gasteiger partial charge in [-0.05, 0) is 73.5 Å². The maximum absolute atomic E-state index is 14.4. The molecule has 2 N–H and O–H groups in total. The molecule has 0 amide bonds. The predicted molar refractivity (Wildman–Crippen MR) is 141 cm³/mol. The van der Waals surface area contributed by atoms with Crippen LogP contribution in [0.3, 0.4) is 0 Å². The van der Waals surface area contributed by atoms with E-state index in [0.29, 0.717) is 24.5 Å². The van der Waals surface area contributed by atoms with Crippen molar-refractivity contribution in [1.82, 2.24) is 5.32 Å². The van der Waals surface area contributed by atoms with Crippen molar-refractivity contribution < 1.29 is 32.2 Å².